The minimum absolute atomic E-state index is 0.0127. The van der Waals surface area contributed by atoms with Crippen LogP contribution >= 0.6 is 0 Å². The van der Waals surface area contributed by atoms with Gasteiger partial charge in [0.2, 0.25) is 5.91 Å². The summed E-state index contributed by atoms with van der Waals surface area (Å²) in [4.78, 5) is 14.0. The molecule has 1 aliphatic rings. The molecule has 0 spiro atoms. The predicted octanol–water partition coefficient (Wildman–Crippen LogP) is 1.16. The lowest BCUT2D eigenvalue weighted by Gasteiger charge is -2.25. The van der Waals surface area contributed by atoms with Crippen LogP contribution in [0.1, 0.15) is 39.5 Å². The van der Waals surface area contributed by atoms with Gasteiger partial charge in [-0.05, 0) is 26.2 Å². The fourth-order valence-electron chi connectivity index (χ4n) is 1.86. The largest absolute Gasteiger partial charge is 0.409 e. The average molecular weight is 227 g/mol. The highest BCUT2D eigenvalue weighted by Crippen LogP contribution is 2.47. The van der Waals surface area contributed by atoms with E-state index in [4.69, 9.17) is 10.9 Å². The van der Waals surface area contributed by atoms with Crippen molar-refractivity contribution in [3.8, 4) is 0 Å². The number of unbranched alkanes of at least 4 members (excludes halogenated alkanes) is 1. The predicted molar refractivity (Wildman–Crippen MR) is 62.2 cm³/mol. The van der Waals surface area contributed by atoms with E-state index in [1.807, 2.05) is 6.92 Å². The zero-order valence-electron chi connectivity index (χ0n) is 10.1. The lowest BCUT2D eigenvalue weighted by atomic mass is 10.0. The van der Waals surface area contributed by atoms with Gasteiger partial charge in [0.15, 0.2) is 5.84 Å². The molecule has 0 unspecified atom stereocenters. The smallest absolute Gasteiger partial charge is 0.236 e. The zero-order chi connectivity index (χ0) is 12.2. The van der Waals surface area contributed by atoms with Crippen molar-refractivity contribution in [2.24, 2.45) is 16.3 Å². The number of amides is 1. The molecule has 1 saturated carbocycles. The van der Waals surface area contributed by atoms with Crippen LogP contribution in [0.2, 0.25) is 0 Å². The second kappa shape index (κ2) is 5.18. The molecule has 0 aromatic carbocycles. The highest BCUT2D eigenvalue weighted by Gasteiger charge is 2.55. The quantitative estimate of drug-likeness (QED) is 0.309. The molecule has 5 nitrogen and oxygen atoms in total. The molecule has 1 rings (SSSR count). The second-order valence-corrected chi connectivity index (χ2v) is 4.31. The van der Waals surface area contributed by atoms with Crippen molar-refractivity contribution < 1.29 is 10.0 Å². The number of nitrogens with two attached hydrogens (primary N) is 1. The Bertz CT molecular complexity index is 285. The number of amidine groups is 1. The van der Waals surface area contributed by atoms with Crippen LogP contribution in [0, 0.1) is 5.41 Å². The first-order valence-electron chi connectivity index (χ1n) is 5.89. The Balaban J connectivity index is 2.68. The van der Waals surface area contributed by atoms with E-state index in [0.717, 1.165) is 19.4 Å². The molecule has 16 heavy (non-hydrogen) atoms. The third-order valence-corrected chi connectivity index (χ3v) is 3.21. The lowest BCUT2D eigenvalue weighted by molar-refractivity contribution is -0.134. The summed E-state index contributed by atoms with van der Waals surface area (Å²) in [6.45, 7) is 5.48. The van der Waals surface area contributed by atoms with Crippen molar-refractivity contribution in [1.29, 1.82) is 0 Å². The van der Waals surface area contributed by atoms with Crippen molar-refractivity contribution >= 4 is 11.7 Å². The van der Waals surface area contributed by atoms with Crippen molar-refractivity contribution in [2.45, 2.75) is 39.5 Å². The first-order valence-corrected chi connectivity index (χ1v) is 5.89. The summed E-state index contributed by atoms with van der Waals surface area (Å²) in [6, 6.07) is 0. The van der Waals surface area contributed by atoms with Gasteiger partial charge < -0.3 is 15.8 Å². The number of carbonyl (C=O) groups is 1. The average Bonchev–Trinajstić information content (AvgIpc) is 3.10. The third-order valence-electron chi connectivity index (χ3n) is 3.21. The first-order chi connectivity index (χ1) is 7.62. The highest BCUT2D eigenvalue weighted by molar-refractivity contribution is 6.09. The van der Waals surface area contributed by atoms with E-state index < -0.39 is 5.41 Å². The summed E-state index contributed by atoms with van der Waals surface area (Å²) in [5.74, 6) is 0.0752. The summed E-state index contributed by atoms with van der Waals surface area (Å²) >= 11 is 0. The molecule has 1 amide bonds. The van der Waals surface area contributed by atoms with Crippen molar-refractivity contribution in [3.05, 3.63) is 0 Å². The van der Waals surface area contributed by atoms with Gasteiger partial charge in [-0.3, -0.25) is 4.79 Å². The number of rotatable bonds is 6. The van der Waals surface area contributed by atoms with Crippen LogP contribution in [-0.2, 0) is 4.79 Å². The molecule has 92 valence electrons. The van der Waals surface area contributed by atoms with Crippen LogP contribution in [0.3, 0.4) is 0 Å². The summed E-state index contributed by atoms with van der Waals surface area (Å²) < 4.78 is 0. The Kier molecular flexibility index (Phi) is 4.15. The maximum atomic E-state index is 12.2. The topological polar surface area (TPSA) is 78.9 Å². The van der Waals surface area contributed by atoms with Crippen LogP contribution in [0.4, 0.5) is 0 Å². The third kappa shape index (κ3) is 2.28. The van der Waals surface area contributed by atoms with Crippen molar-refractivity contribution in [2.75, 3.05) is 13.1 Å². The number of nitrogens with zero attached hydrogens (tertiary/aromatic N) is 2. The maximum absolute atomic E-state index is 12.2. The number of hydrogen-bond acceptors (Lipinski definition) is 3. The number of hydrogen-bond donors (Lipinski definition) is 2. The molecule has 1 fully saturated rings. The Labute approximate surface area is 96.3 Å². The van der Waals surface area contributed by atoms with Crippen LogP contribution in [0.25, 0.3) is 0 Å². The Morgan fingerprint density at radius 2 is 2.12 bits per heavy atom. The first kappa shape index (κ1) is 12.8. The molecule has 0 saturated heterocycles. The summed E-state index contributed by atoms with van der Waals surface area (Å²) in [6.07, 6.45) is 3.45. The van der Waals surface area contributed by atoms with Crippen molar-refractivity contribution in [1.82, 2.24) is 4.90 Å². The van der Waals surface area contributed by atoms with Gasteiger partial charge in [-0.1, -0.05) is 18.5 Å². The van der Waals surface area contributed by atoms with Gasteiger partial charge in [-0.25, -0.2) is 0 Å². The Hall–Kier alpha value is -1.26. The van der Waals surface area contributed by atoms with Crippen LogP contribution in [-0.4, -0.2) is 34.9 Å². The lowest BCUT2D eigenvalue weighted by Crippen LogP contribution is -2.43. The summed E-state index contributed by atoms with van der Waals surface area (Å²) in [5.41, 5.74) is 4.89. The fraction of sp³-hybridized carbons (Fsp3) is 0.818. The van der Waals surface area contributed by atoms with Crippen molar-refractivity contribution in [3.63, 3.8) is 0 Å². The van der Waals surface area contributed by atoms with E-state index in [2.05, 4.69) is 12.1 Å². The van der Waals surface area contributed by atoms with E-state index in [-0.39, 0.29) is 11.7 Å². The molecule has 0 heterocycles. The fourth-order valence-corrected chi connectivity index (χ4v) is 1.86. The standard InChI is InChI=1S/C11H21N3O2/c1-3-5-8-14(4-2)10(15)11(6-7-11)9(12)13-16/h16H,3-8H2,1-2H3,(H2,12,13). The SMILES string of the molecule is CCCCN(CC)C(=O)C1(C(N)=NO)CC1. The van der Waals surface area contributed by atoms with Crippen LogP contribution in [0.5, 0.6) is 0 Å². The van der Waals surface area contributed by atoms with E-state index in [1.165, 1.54) is 0 Å². The molecule has 0 radical (unpaired) electrons. The van der Waals surface area contributed by atoms with E-state index >= 15 is 0 Å². The highest BCUT2D eigenvalue weighted by atomic mass is 16.4. The zero-order valence-corrected chi connectivity index (χ0v) is 10.1. The Morgan fingerprint density at radius 1 is 1.50 bits per heavy atom. The van der Waals surface area contributed by atoms with Gasteiger partial charge in [0.1, 0.15) is 5.41 Å². The van der Waals surface area contributed by atoms with Gasteiger partial charge in [0.05, 0.1) is 0 Å². The monoisotopic (exact) mass is 227 g/mol. The molecular formula is C11H21N3O2. The van der Waals surface area contributed by atoms with Gasteiger partial charge in [0.25, 0.3) is 0 Å². The number of carbonyl (C=O) groups excluding carboxylic acids is 1. The minimum Gasteiger partial charge on any atom is -0.409 e. The van der Waals surface area contributed by atoms with Gasteiger partial charge >= 0.3 is 0 Å². The molecule has 0 atom stereocenters. The van der Waals surface area contributed by atoms with E-state index in [9.17, 15) is 4.79 Å². The molecule has 3 N–H and O–H groups in total. The normalized spacial score (nSPS) is 18.2. The van der Waals surface area contributed by atoms with E-state index in [1.54, 1.807) is 4.90 Å². The molecule has 0 aromatic rings. The molecule has 0 aromatic heterocycles. The molecule has 5 heteroatoms. The second-order valence-electron chi connectivity index (χ2n) is 4.31. The van der Waals surface area contributed by atoms with E-state index in [0.29, 0.717) is 19.4 Å². The summed E-state index contributed by atoms with van der Waals surface area (Å²) in [7, 11) is 0. The number of oxime groups is 1. The molecule has 0 bridgehead atoms. The summed E-state index contributed by atoms with van der Waals surface area (Å²) in [5, 5.41) is 11.7. The van der Waals surface area contributed by atoms with Gasteiger partial charge in [0, 0.05) is 13.1 Å². The molecular weight excluding hydrogens is 206 g/mol. The van der Waals surface area contributed by atoms with Gasteiger partial charge in [-0.2, -0.15) is 0 Å². The van der Waals surface area contributed by atoms with Crippen LogP contribution in [0.15, 0.2) is 5.16 Å². The van der Waals surface area contributed by atoms with Gasteiger partial charge in [-0.15, -0.1) is 0 Å². The molecule has 0 aliphatic heterocycles. The van der Waals surface area contributed by atoms with Crippen LogP contribution < -0.4 is 5.73 Å². The Morgan fingerprint density at radius 3 is 2.50 bits per heavy atom. The minimum atomic E-state index is -0.696. The molecule has 1 aliphatic carbocycles. The maximum Gasteiger partial charge on any atom is 0.236 e.